The quantitative estimate of drug-likeness (QED) is 0.931. The summed E-state index contributed by atoms with van der Waals surface area (Å²) in [5.74, 6) is -1.91. The highest BCUT2D eigenvalue weighted by Crippen LogP contribution is 2.29. The van der Waals surface area contributed by atoms with Crippen molar-refractivity contribution in [2.24, 2.45) is 0 Å². The van der Waals surface area contributed by atoms with Crippen LogP contribution in [0.1, 0.15) is 11.1 Å². The number of carboxylic acid groups (broad SMARTS) is 1. The Kier molecular flexibility index (Phi) is 3.91. The number of aliphatic carboxylic acids is 1. The molecule has 2 aromatic rings. The molecule has 0 saturated heterocycles. The second-order valence-electron chi connectivity index (χ2n) is 5.33. The van der Waals surface area contributed by atoms with E-state index < -0.39 is 27.9 Å². The van der Waals surface area contributed by atoms with Crippen molar-refractivity contribution in [2.75, 3.05) is 0 Å². The smallest absolute Gasteiger partial charge is 0.322 e. The molecule has 0 radical (unpaired) electrons. The highest BCUT2D eigenvalue weighted by Gasteiger charge is 2.39. The zero-order chi connectivity index (χ0) is 16.6. The highest BCUT2D eigenvalue weighted by atomic mass is 32.2. The summed E-state index contributed by atoms with van der Waals surface area (Å²) in [4.78, 5) is 11.3. The molecule has 0 aliphatic carbocycles. The van der Waals surface area contributed by atoms with Crippen LogP contribution in [0.25, 0.3) is 0 Å². The van der Waals surface area contributed by atoms with Crippen molar-refractivity contribution < 1.29 is 22.7 Å². The van der Waals surface area contributed by atoms with Crippen LogP contribution in [0.2, 0.25) is 0 Å². The van der Waals surface area contributed by atoms with E-state index in [1.165, 1.54) is 12.1 Å². The molecule has 0 spiro atoms. The molecule has 0 saturated carbocycles. The summed E-state index contributed by atoms with van der Waals surface area (Å²) in [5.41, 5.74) is 1.57. The van der Waals surface area contributed by atoms with Gasteiger partial charge in [-0.1, -0.05) is 30.3 Å². The fourth-order valence-electron chi connectivity index (χ4n) is 2.72. The van der Waals surface area contributed by atoms with Crippen LogP contribution in [0, 0.1) is 5.82 Å². The fraction of sp³-hybridized carbons (Fsp3) is 0.188. The molecule has 2 aromatic carbocycles. The van der Waals surface area contributed by atoms with Gasteiger partial charge in [0.25, 0.3) is 0 Å². The minimum absolute atomic E-state index is 0.0496. The lowest BCUT2D eigenvalue weighted by Crippen LogP contribution is -2.48. The number of sulfonamides is 1. The topological polar surface area (TPSA) is 74.7 Å². The Morgan fingerprint density at radius 2 is 1.83 bits per heavy atom. The first-order chi connectivity index (χ1) is 10.9. The van der Waals surface area contributed by atoms with Gasteiger partial charge in [-0.25, -0.2) is 12.8 Å². The van der Waals surface area contributed by atoms with Gasteiger partial charge in [0.15, 0.2) is 0 Å². The first kappa shape index (κ1) is 15.6. The molecular formula is C16H14FNO4S. The van der Waals surface area contributed by atoms with Gasteiger partial charge in [0.1, 0.15) is 11.9 Å². The molecule has 0 aromatic heterocycles. The van der Waals surface area contributed by atoms with E-state index in [-0.39, 0.29) is 17.9 Å². The van der Waals surface area contributed by atoms with Crippen molar-refractivity contribution in [2.45, 2.75) is 23.9 Å². The highest BCUT2D eigenvalue weighted by molar-refractivity contribution is 7.89. The van der Waals surface area contributed by atoms with Crippen LogP contribution in [0.15, 0.2) is 53.4 Å². The van der Waals surface area contributed by atoms with Gasteiger partial charge < -0.3 is 5.11 Å². The lowest BCUT2D eigenvalue weighted by molar-refractivity contribution is -0.141. The largest absolute Gasteiger partial charge is 0.480 e. The molecule has 1 aliphatic rings. The molecule has 23 heavy (non-hydrogen) atoms. The van der Waals surface area contributed by atoms with Crippen molar-refractivity contribution in [3.63, 3.8) is 0 Å². The fourth-order valence-corrected chi connectivity index (χ4v) is 4.32. The van der Waals surface area contributed by atoms with E-state index in [9.17, 15) is 22.7 Å². The zero-order valence-electron chi connectivity index (χ0n) is 12.0. The maximum atomic E-state index is 13.4. The molecular weight excluding hydrogens is 321 g/mol. The van der Waals surface area contributed by atoms with Crippen LogP contribution in [0.3, 0.4) is 0 Å². The number of carboxylic acids is 1. The van der Waals surface area contributed by atoms with Crippen molar-refractivity contribution in [1.29, 1.82) is 0 Å². The van der Waals surface area contributed by atoms with E-state index in [0.29, 0.717) is 0 Å². The molecule has 5 nitrogen and oxygen atoms in total. The Morgan fingerprint density at radius 3 is 2.48 bits per heavy atom. The number of halogens is 1. The Labute approximate surface area is 133 Å². The van der Waals surface area contributed by atoms with Crippen molar-refractivity contribution >= 4 is 16.0 Å². The average Bonchev–Trinajstić information content (AvgIpc) is 2.53. The minimum atomic E-state index is -4.11. The van der Waals surface area contributed by atoms with Crippen LogP contribution < -0.4 is 0 Å². The third kappa shape index (κ3) is 2.85. The number of hydrogen-bond donors (Lipinski definition) is 1. The lowest BCUT2D eigenvalue weighted by Gasteiger charge is -2.33. The summed E-state index contributed by atoms with van der Waals surface area (Å²) in [6, 6.07) is 10.5. The molecule has 0 fully saturated rings. The lowest BCUT2D eigenvalue weighted by atomic mass is 9.96. The summed E-state index contributed by atoms with van der Waals surface area (Å²) >= 11 is 0. The second kappa shape index (κ2) is 5.75. The van der Waals surface area contributed by atoms with Crippen molar-refractivity contribution in [3.8, 4) is 0 Å². The van der Waals surface area contributed by atoms with Gasteiger partial charge in [-0.3, -0.25) is 4.79 Å². The van der Waals surface area contributed by atoms with Crippen LogP contribution in [-0.2, 0) is 27.8 Å². The van der Waals surface area contributed by atoms with Crippen LogP contribution in [0.4, 0.5) is 4.39 Å². The molecule has 1 atom stereocenters. The summed E-state index contributed by atoms with van der Waals surface area (Å²) in [7, 11) is -4.11. The third-order valence-electron chi connectivity index (χ3n) is 3.89. The number of carbonyl (C=O) groups is 1. The monoisotopic (exact) mass is 335 g/mol. The van der Waals surface area contributed by atoms with Crippen molar-refractivity contribution in [3.05, 3.63) is 65.5 Å². The predicted molar refractivity (Wildman–Crippen MR) is 80.7 cm³/mol. The first-order valence-corrected chi connectivity index (χ1v) is 8.40. The average molecular weight is 335 g/mol. The number of fused-ring (bicyclic) bond motifs is 1. The molecule has 7 heteroatoms. The standard InChI is InChI=1S/C16H14FNO4S/c17-13-6-3-7-14(9-13)23(21,22)18-10-12-5-2-1-4-11(12)8-15(18)16(19)20/h1-7,9,15H,8,10H2,(H,19,20). The van der Waals surface area contributed by atoms with Gasteiger partial charge in [0, 0.05) is 13.0 Å². The van der Waals surface area contributed by atoms with Gasteiger partial charge in [0.2, 0.25) is 10.0 Å². The molecule has 1 heterocycles. The number of nitrogens with zero attached hydrogens (tertiary/aromatic N) is 1. The molecule has 1 unspecified atom stereocenters. The maximum Gasteiger partial charge on any atom is 0.322 e. The van der Waals surface area contributed by atoms with Gasteiger partial charge in [-0.15, -0.1) is 0 Å². The third-order valence-corrected chi connectivity index (χ3v) is 5.74. The van der Waals surface area contributed by atoms with E-state index in [1.54, 1.807) is 24.3 Å². The summed E-state index contributed by atoms with van der Waals surface area (Å²) < 4.78 is 39.8. The summed E-state index contributed by atoms with van der Waals surface area (Å²) in [6.45, 7) is -0.0496. The van der Waals surface area contributed by atoms with Gasteiger partial charge in [-0.2, -0.15) is 4.31 Å². The summed E-state index contributed by atoms with van der Waals surface area (Å²) in [5, 5.41) is 9.42. The van der Waals surface area contributed by atoms with Crippen LogP contribution in [0.5, 0.6) is 0 Å². The minimum Gasteiger partial charge on any atom is -0.480 e. The maximum absolute atomic E-state index is 13.4. The second-order valence-corrected chi connectivity index (χ2v) is 7.23. The molecule has 0 bridgehead atoms. The Morgan fingerprint density at radius 1 is 1.13 bits per heavy atom. The first-order valence-electron chi connectivity index (χ1n) is 6.96. The van der Waals surface area contributed by atoms with Crippen LogP contribution in [-0.4, -0.2) is 29.8 Å². The Hall–Kier alpha value is -2.25. The van der Waals surface area contributed by atoms with Gasteiger partial charge in [0.05, 0.1) is 4.90 Å². The summed E-state index contributed by atoms with van der Waals surface area (Å²) in [6.07, 6.45) is 0.0834. The van der Waals surface area contributed by atoms with E-state index >= 15 is 0 Å². The molecule has 120 valence electrons. The predicted octanol–water partition coefficient (Wildman–Crippen LogP) is 2.03. The zero-order valence-corrected chi connectivity index (χ0v) is 12.8. The van der Waals surface area contributed by atoms with Crippen LogP contribution >= 0.6 is 0 Å². The Bertz CT molecular complexity index is 866. The number of hydrogen-bond acceptors (Lipinski definition) is 3. The Balaban J connectivity index is 2.07. The molecule has 1 aliphatic heterocycles. The van der Waals surface area contributed by atoms with Gasteiger partial charge >= 0.3 is 5.97 Å². The van der Waals surface area contributed by atoms with E-state index in [0.717, 1.165) is 27.6 Å². The van der Waals surface area contributed by atoms with E-state index in [2.05, 4.69) is 0 Å². The molecule has 1 N–H and O–H groups in total. The van der Waals surface area contributed by atoms with E-state index in [4.69, 9.17) is 0 Å². The van der Waals surface area contributed by atoms with E-state index in [1.807, 2.05) is 0 Å². The van der Waals surface area contributed by atoms with Crippen molar-refractivity contribution in [1.82, 2.24) is 4.31 Å². The number of benzene rings is 2. The molecule has 0 amide bonds. The molecule has 3 rings (SSSR count). The normalized spacial score (nSPS) is 18.4. The number of rotatable bonds is 3. The SMILES string of the molecule is O=C(O)C1Cc2ccccc2CN1S(=O)(=O)c1cccc(F)c1. The van der Waals surface area contributed by atoms with Gasteiger partial charge in [-0.05, 0) is 29.3 Å².